The van der Waals surface area contributed by atoms with E-state index in [2.05, 4.69) is 26.3 Å². The minimum Gasteiger partial charge on any atom is -0.364 e. The van der Waals surface area contributed by atoms with Crippen molar-refractivity contribution in [3.63, 3.8) is 0 Å². The molecule has 0 aliphatic heterocycles. The van der Waals surface area contributed by atoms with Crippen molar-refractivity contribution in [3.8, 4) is 0 Å². The quantitative estimate of drug-likeness (QED) is 0.790. The summed E-state index contributed by atoms with van der Waals surface area (Å²) in [6.07, 6.45) is 1.70. The summed E-state index contributed by atoms with van der Waals surface area (Å²) in [6.45, 7) is 2.23. The maximum Gasteiger partial charge on any atom is 0.151 e. The predicted molar refractivity (Wildman–Crippen MR) is 88.0 cm³/mol. The molecule has 0 aliphatic rings. The molecule has 0 saturated carbocycles. The second-order valence-corrected chi connectivity index (χ2v) is 8.18. The molecule has 22 heavy (non-hydrogen) atoms. The molecular formula is C14H17BrFN3O2S. The zero-order chi connectivity index (χ0) is 16.2. The van der Waals surface area contributed by atoms with Crippen LogP contribution in [-0.2, 0) is 22.9 Å². The van der Waals surface area contributed by atoms with E-state index in [1.807, 2.05) is 0 Å². The highest BCUT2D eigenvalue weighted by Crippen LogP contribution is 2.16. The van der Waals surface area contributed by atoms with Gasteiger partial charge in [0.05, 0.1) is 12.3 Å². The van der Waals surface area contributed by atoms with E-state index in [1.54, 1.807) is 36.0 Å². The number of sulfone groups is 1. The third-order valence-electron chi connectivity index (χ3n) is 3.18. The Morgan fingerprint density at radius 1 is 1.36 bits per heavy atom. The Kier molecular flexibility index (Phi) is 5.57. The van der Waals surface area contributed by atoms with Crippen LogP contribution in [0.25, 0.3) is 0 Å². The first-order valence-electron chi connectivity index (χ1n) is 6.81. The number of halogens is 2. The zero-order valence-electron chi connectivity index (χ0n) is 12.1. The van der Waals surface area contributed by atoms with E-state index >= 15 is 0 Å². The fraction of sp³-hybridized carbons (Fsp3) is 0.357. The van der Waals surface area contributed by atoms with E-state index in [1.165, 1.54) is 6.07 Å². The zero-order valence-corrected chi connectivity index (χ0v) is 14.5. The second-order valence-electron chi connectivity index (χ2n) is 4.79. The van der Waals surface area contributed by atoms with Crippen LogP contribution in [0.5, 0.6) is 0 Å². The molecule has 0 saturated heterocycles. The first-order chi connectivity index (χ1) is 10.4. The molecule has 0 aliphatic carbocycles. The summed E-state index contributed by atoms with van der Waals surface area (Å²) in [5, 5.41) is 7.24. The Morgan fingerprint density at radius 2 is 2.14 bits per heavy atom. The van der Waals surface area contributed by atoms with Crippen molar-refractivity contribution in [2.24, 2.45) is 0 Å². The van der Waals surface area contributed by atoms with Crippen molar-refractivity contribution >= 4 is 31.6 Å². The fourth-order valence-electron chi connectivity index (χ4n) is 1.82. The standard InChI is InChI=1S/C14H17BrFN3O2S/c1-2-22(20,21)8-7-19-6-5-14(18-19)17-10-11-9-12(15)3-4-13(11)16/h3-6,9H,2,7-8,10H2,1H3,(H,17,18). The summed E-state index contributed by atoms with van der Waals surface area (Å²) < 4.78 is 38.9. The van der Waals surface area contributed by atoms with Crippen molar-refractivity contribution < 1.29 is 12.8 Å². The number of aromatic nitrogens is 2. The van der Waals surface area contributed by atoms with E-state index in [-0.39, 0.29) is 17.3 Å². The molecule has 0 radical (unpaired) electrons. The third kappa shape index (κ3) is 4.81. The molecule has 0 spiro atoms. The minimum absolute atomic E-state index is 0.0604. The van der Waals surface area contributed by atoms with Crippen LogP contribution in [0.2, 0.25) is 0 Å². The van der Waals surface area contributed by atoms with Gasteiger partial charge in [0.15, 0.2) is 9.84 Å². The third-order valence-corrected chi connectivity index (χ3v) is 5.36. The molecule has 1 N–H and O–H groups in total. The molecule has 0 fully saturated rings. The average molecular weight is 390 g/mol. The molecule has 8 heteroatoms. The lowest BCUT2D eigenvalue weighted by Crippen LogP contribution is -2.15. The molecule has 120 valence electrons. The van der Waals surface area contributed by atoms with Gasteiger partial charge in [-0.1, -0.05) is 22.9 Å². The smallest absolute Gasteiger partial charge is 0.151 e. The number of anilines is 1. The van der Waals surface area contributed by atoms with Crippen LogP contribution in [0.4, 0.5) is 10.2 Å². The van der Waals surface area contributed by atoms with Gasteiger partial charge in [-0.3, -0.25) is 4.68 Å². The monoisotopic (exact) mass is 389 g/mol. The molecule has 0 amide bonds. The second kappa shape index (κ2) is 7.23. The van der Waals surface area contributed by atoms with E-state index in [0.717, 1.165) is 4.47 Å². The van der Waals surface area contributed by atoms with Gasteiger partial charge in [0.1, 0.15) is 11.6 Å². The van der Waals surface area contributed by atoms with E-state index in [9.17, 15) is 12.8 Å². The normalized spacial score (nSPS) is 11.6. The highest BCUT2D eigenvalue weighted by molar-refractivity contribution is 9.10. The largest absolute Gasteiger partial charge is 0.364 e. The van der Waals surface area contributed by atoms with Crippen molar-refractivity contribution in [2.45, 2.75) is 20.0 Å². The van der Waals surface area contributed by atoms with Crippen LogP contribution in [0.1, 0.15) is 12.5 Å². The number of hydrogen-bond donors (Lipinski definition) is 1. The van der Waals surface area contributed by atoms with Gasteiger partial charge in [0.2, 0.25) is 0 Å². The van der Waals surface area contributed by atoms with Gasteiger partial charge < -0.3 is 5.32 Å². The fourth-order valence-corrected chi connectivity index (χ4v) is 2.98. The van der Waals surface area contributed by atoms with Crippen LogP contribution < -0.4 is 5.32 Å². The molecule has 1 heterocycles. The summed E-state index contributed by atoms with van der Waals surface area (Å²) in [4.78, 5) is 0. The van der Waals surface area contributed by atoms with Gasteiger partial charge >= 0.3 is 0 Å². The Hall–Kier alpha value is -1.41. The van der Waals surface area contributed by atoms with E-state index in [4.69, 9.17) is 0 Å². The molecule has 1 aromatic heterocycles. The summed E-state index contributed by atoms with van der Waals surface area (Å²) in [6, 6.07) is 6.47. The van der Waals surface area contributed by atoms with E-state index < -0.39 is 9.84 Å². The van der Waals surface area contributed by atoms with Gasteiger partial charge in [0, 0.05) is 34.6 Å². The SMILES string of the molecule is CCS(=O)(=O)CCn1ccc(NCc2cc(Br)ccc2F)n1. The summed E-state index contributed by atoms with van der Waals surface area (Å²) in [5.74, 6) is 0.476. The summed E-state index contributed by atoms with van der Waals surface area (Å²) in [7, 11) is -3.01. The lowest BCUT2D eigenvalue weighted by molar-refractivity contribution is 0.582. The van der Waals surface area contributed by atoms with Crippen LogP contribution in [0.15, 0.2) is 34.9 Å². The molecule has 0 atom stereocenters. The Balaban J connectivity index is 1.93. The molecule has 2 rings (SSSR count). The first kappa shape index (κ1) is 17.0. The molecule has 2 aromatic rings. The molecule has 1 aromatic carbocycles. The van der Waals surface area contributed by atoms with Crippen molar-refractivity contribution in [3.05, 3.63) is 46.3 Å². The Bertz CT molecular complexity index is 746. The molecular weight excluding hydrogens is 373 g/mol. The van der Waals surface area contributed by atoms with Crippen molar-refractivity contribution in [1.82, 2.24) is 9.78 Å². The van der Waals surface area contributed by atoms with E-state index in [0.29, 0.717) is 24.5 Å². The van der Waals surface area contributed by atoms with Crippen LogP contribution in [0.3, 0.4) is 0 Å². The van der Waals surface area contributed by atoms with Crippen molar-refractivity contribution in [1.29, 1.82) is 0 Å². The number of rotatable bonds is 7. The van der Waals surface area contributed by atoms with Crippen LogP contribution in [0, 0.1) is 5.82 Å². The van der Waals surface area contributed by atoms with Crippen LogP contribution in [-0.4, -0.2) is 29.7 Å². The highest BCUT2D eigenvalue weighted by Gasteiger charge is 2.08. The average Bonchev–Trinajstić information content (AvgIpc) is 2.94. The maximum atomic E-state index is 13.6. The van der Waals surface area contributed by atoms with Gasteiger partial charge in [0.25, 0.3) is 0 Å². The number of hydrogen-bond acceptors (Lipinski definition) is 4. The molecule has 5 nitrogen and oxygen atoms in total. The first-order valence-corrected chi connectivity index (χ1v) is 9.43. The number of nitrogens with zero attached hydrogens (tertiary/aromatic N) is 2. The minimum atomic E-state index is -3.01. The number of aryl methyl sites for hydroxylation is 1. The number of nitrogens with one attached hydrogen (secondary N) is 1. The lowest BCUT2D eigenvalue weighted by Gasteiger charge is -2.06. The van der Waals surface area contributed by atoms with Crippen LogP contribution >= 0.6 is 15.9 Å². The van der Waals surface area contributed by atoms with Gasteiger partial charge in [-0.15, -0.1) is 0 Å². The predicted octanol–water partition coefficient (Wildman–Crippen LogP) is 2.83. The van der Waals surface area contributed by atoms with Gasteiger partial charge in [-0.2, -0.15) is 5.10 Å². The maximum absolute atomic E-state index is 13.6. The summed E-state index contributed by atoms with van der Waals surface area (Å²) >= 11 is 3.30. The van der Waals surface area contributed by atoms with Crippen molar-refractivity contribution in [2.75, 3.05) is 16.8 Å². The Labute approximate surface area is 137 Å². The van der Waals surface area contributed by atoms with Gasteiger partial charge in [-0.25, -0.2) is 12.8 Å². The molecule has 0 bridgehead atoms. The Morgan fingerprint density at radius 3 is 2.86 bits per heavy atom. The number of benzene rings is 1. The van der Waals surface area contributed by atoms with Gasteiger partial charge in [-0.05, 0) is 18.2 Å². The molecule has 0 unspecified atom stereocenters. The highest BCUT2D eigenvalue weighted by atomic mass is 79.9. The summed E-state index contributed by atoms with van der Waals surface area (Å²) in [5.41, 5.74) is 0.525. The topological polar surface area (TPSA) is 64.0 Å². The lowest BCUT2D eigenvalue weighted by atomic mass is 10.2.